The van der Waals surface area contributed by atoms with Crippen molar-refractivity contribution in [2.24, 2.45) is 0 Å². The van der Waals surface area contributed by atoms with Gasteiger partial charge in [-0.2, -0.15) is 0 Å². The Morgan fingerprint density at radius 1 is 1.43 bits per heavy atom. The van der Waals surface area contributed by atoms with Gasteiger partial charge >= 0.3 is 0 Å². The second kappa shape index (κ2) is 4.20. The van der Waals surface area contributed by atoms with Crippen molar-refractivity contribution in [1.29, 1.82) is 0 Å². The molecule has 1 heteroatoms. The molecule has 0 aliphatic heterocycles. The first-order chi connectivity index (χ1) is 6.56. The zero-order valence-electron chi connectivity index (χ0n) is 8.94. The first-order valence-corrected chi connectivity index (χ1v) is 4.55. The molecule has 0 bridgehead atoms. The second-order valence-electron chi connectivity index (χ2n) is 3.40. The molecular formula is C13H13B. The molecule has 0 N–H and O–H groups in total. The third-order valence-electron chi connectivity index (χ3n) is 2.15. The highest BCUT2D eigenvalue weighted by Crippen LogP contribution is 2.18. The lowest BCUT2D eigenvalue weighted by Crippen LogP contribution is -2.06. The summed E-state index contributed by atoms with van der Waals surface area (Å²) in [7, 11) is 5.79. The van der Waals surface area contributed by atoms with Crippen molar-refractivity contribution in [1.82, 2.24) is 0 Å². The third kappa shape index (κ3) is 2.09. The molecule has 0 saturated heterocycles. The molecule has 0 nitrogen and oxygen atoms in total. The fraction of sp³-hybridized carbons (Fsp3) is 0.231. The van der Waals surface area contributed by atoms with E-state index in [0.29, 0.717) is 0 Å². The van der Waals surface area contributed by atoms with Crippen LogP contribution in [0.1, 0.15) is 30.5 Å². The zero-order chi connectivity index (χ0) is 10.7. The fourth-order valence-electron chi connectivity index (χ4n) is 1.44. The largest absolute Gasteiger partial charge is 0.113 e. The summed E-state index contributed by atoms with van der Waals surface area (Å²) in [6.07, 6.45) is 0. The van der Waals surface area contributed by atoms with Crippen molar-refractivity contribution in [2.45, 2.75) is 20.8 Å². The zero-order valence-corrected chi connectivity index (χ0v) is 8.94. The highest BCUT2D eigenvalue weighted by Gasteiger charge is 2.03. The number of allylic oxidation sites excluding steroid dienone is 1. The molecule has 1 rings (SSSR count). The molecule has 0 atom stereocenters. The molecule has 0 aliphatic carbocycles. The number of benzene rings is 1. The summed E-state index contributed by atoms with van der Waals surface area (Å²) in [5.74, 6) is 5.92. The Morgan fingerprint density at radius 3 is 2.57 bits per heavy atom. The van der Waals surface area contributed by atoms with Crippen LogP contribution in [0.2, 0.25) is 0 Å². The smallest absolute Gasteiger partial charge is 0.101 e. The van der Waals surface area contributed by atoms with E-state index in [1.807, 2.05) is 32.9 Å². The molecule has 0 unspecified atom stereocenters. The van der Waals surface area contributed by atoms with Crippen LogP contribution >= 0.6 is 0 Å². The predicted molar refractivity (Wildman–Crippen MR) is 63.8 cm³/mol. The van der Waals surface area contributed by atoms with Crippen LogP contribution in [0, 0.1) is 18.8 Å². The van der Waals surface area contributed by atoms with E-state index in [2.05, 4.69) is 18.4 Å². The maximum Gasteiger partial charge on any atom is 0.113 e. The first-order valence-electron chi connectivity index (χ1n) is 4.55. The van der Waals surface area contributed by atoms with Gasteiger partial charge in [0.2, 0.25) is 0 Å². The van der Waals surface area contributed by atoms with Gasteiger partial charge in [0, 0.05) is 5.56 Å². The summed E-state index contributed by atoms with van der Waals surface area (Å²) in [5, 5.41) is 0. The van der Waals surface area contributed by atoms with E-state index < -0.39 is 0 Å². The topological polar surface area (TPSA) is 0 Å². The Kier molecular flexibility index (Phi) is 3.20. The number of rotatable bonds is 1. The highest BCUT2D eigenvalue weighted by molar-refractivity contribution is 6.32. The molecule has 1 aromatic rings. The first kappa shape index (κ1) is 10.7. The van der Waals surface area contributed by atoms with E-state index in [-0.39, 0.29) is 0 Å². The molecule has 0 saturated carbocycles. The molecule has 0 fully saturated rings. The normalized spacial score (nSPS) is 9.07. The van der Waals surface area contributed by atoms with Crippen LogP contribution in [0.5, 0.6) is 0 Å². The van der Waals surface area contributed by atoms with E-state index in [1.165, 1.54) is 0 Å². The average Bonchev–Trinajstić information content (AvgIpc) is 2.10. The van der Waals surface area contributed by atoms with Crippen molar-refractivity contribution in [3.05, 3.63) is 35.4 Å². The van der Waals surface area contributed by atoms with Gasteiger partial charge in [-0.1, -0.05) is 35.7 Å². The van der Waals surface area contributed by atoms with Crippen molar-refractivity contribution in [3.8, 4) is 11.8 Å². The number of hydrogen-bond donors (Lipinski definition) is 0. The minimum absolute atomic E-state index is 0.742. The van der Waals surface area contributed by atoms with Crippen molar-refractivity contribution in [2.75, 3.05) is 0 Å². The highest BCUT2D eigenvalue weighted by atomic mass is 14.1. The minimum Gasteiger partial charge on any atom is -0.101 e. The van der Waals surface area contributed by atoms with Gasteiger partial charge in [-0.25, -0.2) is 0 Å². The molecular weight excluding hydrogens is 167 g/mol. The molecule has 14 heavy (non-hydrogen) atoms. The Bertz CT molecular complexity index is 431. The van der Waals surface area contributed by atoms with E-state index in [4.69, 9.17) is 7.85 Å². The maximum atomic E-state index is 5.79. The second-order valence-corrected chi connectivity index (χ2v) is 3.40. The molecule has 0 aliphatic rings. The summed E-state index contributed by atoms with van der Waals surface area (Å²) in [6.45, 7) is 9.77. The quantitative estimate of drug-likeness (QED) is 0.459. The van der Waals surface area contributed by atoms with E-state index >= 15 is 0 Å². The van der Waals surface area contributed by atoms with Crippen LogP contribution in [-0.4, -0.2) is 7.85 Å². The van der Waals surface area contributed by atoms with Gasteiger partial charge in [0.15, 0.2) is 0 Å². The van der Waals surface area contributed by atoms with Crippen LogP contribution < -0.4 is 5.46 Å². The van der Waals surface area contributed by atoms with E-state index in [1.54, 1.807) is 0 Å². The van der Waals surface area contributed by atoms with Crippen molar-refractivity contribution >= 4 is 18.9 Å². The summed E-state index contributed by atoms with van der Waals surface area (Å²) in [6, 6.07) is 3.84. The monoisotopic (exact) mass is 180 g/mol. The average molecular weight is 180 g/mol. The van der Waals surface area contributed by atoms with Crippen LogP contribution in [0.25, 0.3) is 5.57 Å². The summed E-state index contributed by atoms with van der Waals surface area (Å²) < 4.78 is 0. The Labute approximate surface area is 87.4 Å². The van der Waals surface area contributed by atoms with Crippen molar-refractivity contribution < 1.29 is 0 Å². The van der Waals surface area contributed by atoms with Gasteiger partial charge in [-0.05, 0) is 31.9 Å². The van der Waals surface area contributed by atoms with Gasteiger partial charge in [0.05, 0.1) is 0 Å². The Morgan fingerprint density at radius 2 is 2.07 bits per heavy atom. The standard InChI is InChI=1S/C13H13B/c1-5-6-11-7-12(14)8-13(9(2)3)10(11)4/h7-8H,2H2,1,3-4H3. The van der Waals surface area contributed by atoms with Crippen LogP contribution in [0.15, 0.2) is 18.7 Å². The van der Waals surface area contributed by atoms with Crippen molar-refractivity contribution in [3.63, 3.8) is 0 Å². The van der Waals surface area contributed by atoms with Gasteiger partial charge in [-0.3, -0.25) is 0 Å². The predicted octanol–water partition coefficient (Wildman–Crippen LogP) is 2.19. The maximum absolute atomic E-state index is 5.79. The van der Waals surface area contributed by atoms with E-state index in [0.717, 1.165) is 27.7 Å². The Balaban J connectivity index is 3.44. The lowest BCUT2D eigenvalue weighted by Gasteiger charge is -2.09. The molecule has 0 aromatic heterocycles. The van der Waals surface area contributed by atoms with Crippen LogP contribution in [-0.2, 0) is 0 Å². The van der Waals surface area contributed by atoms with Gasteiger partial charge in [0.1, 0.15) is 7.85 Å². The van der Waals surface area contributed by atoms with Gasteiger partial charge in [-0.15, -0.1) is 5.92 Å². The SMILES string of the molecule is [B]c1cc(C#CC)c(C)c(C(=C)C)c1. The van der Waals surface area contributed by atoms with Crippen LogP contribution in [0.4, 0.5) is 0 Å². The third-order valence-corrected chi connectivity index (χ3v) is 2.15. The van der Waals surface area contributed by atoms with Crippen LogP contribution in [0.3, 0.4) is 0 Å². The Hall–Kier alpha value is -1.42. The molecule has 0 spiro atoms. The lowest BCUT2D eigenvalue weighted by atomic mass is 9.87. The minimum atomic E-state index is 0.742. The lowest BCUT2D eigenvalue weighted by molar-refractivity contribution is 1.40. The molecule has 68 valence electrons. The molecule has 2 radical (unpaired) electrons. The van der Waals surface area contributed by atoms with Gasteiger partial charge < -0.3 is 0 Å². The molecule has 1 aromatic carbocycles. The fourth-order valence-corrected chi connectivity index (χ4v) is 1.44. The summed E-state index contributed by atoms with van der Waals surface area (Å²) >= 11 is 0. The number of hydrogen-bond acceptors (Lipinski definition) is 0. The van der Waals surface area contributed by atoms with E-state index in [9.17, 15) is 0 Å². The molecule has 0 heterocycles. The van der Waals surface area contributed by atoms with Gasteiger partial charge in [0.25, 0.3) is 0 Å². The summed E-state index contributed by atoms with van der Waals surface area (Å²) in [4.78, 5) is 0. The molecule has 0 amide bonds. The summed E-state index contributed by atoms with van der Waals surface area (Å²) in [5.41, 5.74) is 5.01.